The topological polar surface area (TPSA) is 33.1 Å². The van der Waals surface area contributed by atoms with Crippen LogP contribution in [0, 0.1) is 0 Å². The van der Waals surface area contributed by atoms with E-state index in [4.69, 9.17) is 0 Å². The van der Waals surface area contributed by atoms with Crippen molar-refractivity contribution < 1.29 is 5.11 Å². The van der Waals surface area contributed by atoms with Gasteiger partial charge in [-0.3, -0.25) is 0 Å². The first-order valence-corrected chi connectivity index (χ1v) is 6.53. The van der Waals surface area contributed by atoms with Crippen molar-refractivity contribution in [2.45, 2.75) is 19.4 Å². The number of hydrogen-bond donors (Lipinski definition) is 1. The first kappa shape index (κ1) is 11.8. The molecule has 2 aromatic rings. The Bertz CT molecular complexity index is 502. The average molecular weight is 298 g/mol. The molecule has 0 aliphatic heterocycles. The van der Waals surface area contributed by atoms with Gasteiger partial charge >= 0.3 is 0 Å². The van der Waals surface area contributed by atoms with Crippen molar-refractivity contribution in [3.05, 3.63) is 39.9 Å². The van der Waals surface area contributed by atoms with Crippen LogP contribution in [0.1, 0.15) is 18.9 Å². The number of nitrogens with zero attached hydrogens (tertiary/aromatic N) is 1. The van der Waals surface area contributed by atoms with Gasteiger partial charge in [0.15, 0.2) is 0 Å². The predicted octanol–water partition coefficient (Wildman–Crippen LogP) is 3.80. The summed E-state index contributed by atoms with van der Waals surface area (Å²) in [4.78, 5) is 5.31. The van der Waals surface area contributed by atoms with Gasteiger partial charge in [-0.2, -0.15) is 0 Å². The van der Waals surface area contributed by atoms with Gasteiger partial charge in [0.1, 0.15) is 10.6 Å². The summed E-state index contributed by atoms with van der Waals surface area (Å²) >= 11 is 5.03. The third-order valence-electron chi connectivity index (χ3n) is 2.17. The van der Waals surface area contributed by atoms with Crippen molar-refractivity contribution in [1.82, 2.24) is 4.98 Å². The Morgan fingerprint density at radius 3 is 2.56 bits per heavy atom. The van der Waals surface area contributed by atoms with Gasteiger partial charge in [0.25, 0.3) is 0 Å². The second kappa shape index (κ2) is 4.28. The summed E-state index contributed by atoms with van der Waals surface area (Å²) in [6, 6.07) is 8.00. The molecule has 1 N–H and O–H groups in total. The van der Waals surface area contributed by atoms with E-state index in [2.05, 4.69) is 20.9 Å². The smallest absolute Gasteiger partial charge is 0.124 e. The summed E-state index contributed by atoms with van der Waals surface area (Å²) < 4.78 is 1.04. The summed E-state index contributed by atoms with van der Waals surface area (Å²) in [6.45, 7) is 3.49. The summed E-state index contributed by atoms with van der Waals surface area (Å²) in [7, 11) is 0. The van der Waals surface area contributed by atoms with Gasteiger partial charge in [0.05, 0.1) is 4.88 Å². The Labute approximate surface area is 107 Å². The molecule has 0 aliphatic carbocycles. The Hall–Kier alpha value is -0.710. The molecule has 2 rings (SSSR count). The molecule has 0 amide bonds. The first-order valence-electron chi connectivity index (χ1n) is 4.92. The minimum atomic E-state index is -0.871. The summed E-state index contributed by atoms with van der Waals surface area (Å²) in [6.07, 6.45) is 1.80. The van der Waals surface area contributed by atoms with Gasteiger partial charge in [0, 0.05) is 16.2 Å². The number of rotatable bonds is 2. The van der Waals surface area contributed by atoms with Crippen molar-refractivity contribution in [2.24, 2.45) is 0 Å². The molecular formula is C12H12BrNOS. The molecule has 1 heterocycles. The van der Waals surface area contributed by atoms with Crippen LogP contribution in [0.3, 0.4) is 0 Å². The monoisotopic (exact) mass is 297 g/mol. The summed E-state index contributed by atoms with van der Waals surface area (Å²) in [5.74, 6) is 0. The first-order chi connectivity index (χ1) is 7.48. The molecule has 1 aromatic heterocycles. The minimum Gasteiger partial charge on any atom is -0.383 e. The van der Waals surface area contributed by atoms with Crippen molar-refractivity contribution >= 4 is 27.3 Å². The van der Waals surface area contributed by atoms with E-state index in [0.717, 1.165) is 19.9 Å². The highest BCUT2D eigenvalue weighted by Crippen LogP contribution is 2.35. The lowest BCUT2D eigenvalue weighted by Crippen LogP contribution is -2.14. The number of benzene rings is 1. The molecule has 0 unspecified atom stereocenters. The normalized spacial score (nSPS) is 11.8. The molecule has 4 heteroatoms. The van der Waals surface area contributed by atoms with Crippen molar-refractivity contribution in [3.63, 3.8) is 0 Å². The lowest BCUT2D eigenvalue weighted by molar-refractivity contribution is 0.0783. The Balaban J connectivity index is 2.44. The Morgan fingerprint density at radius 2 is 2.00 bits per heavy atom. The highest BCUT2D eigenvalue weighted by Gasteiger charge is 2.20. The van der Waals surface area contributed by atoms with Gasteiger partial charge in [0.2, 0.25) is 0 Å². The molecule has 0 fully saturated rings. The zero-order valence-electron chi connectivity index (χ0n) is 9.07. The zero-order valence-corrected chi connectivity index (χ0v) is 11.5. The molecular weight excluding hydrogens is 286 g/mol. The van der Waals surface area contributed by atoms with Crippen molar-refractivity contribution in [1.29, 1.82) is 0 Å². The number of aliphatic hydroxyl groups is 1. The maximum atomic E-state index is 9.85. The van der Waals surface area contributed by atoms with Crippen LogP contribution < -0.4 is 0 Å². The number of thiazole rings is 1. The van der Waals surface area contributed by atoms with Gasteiger partial charge in [-0.05, 0) is 19.9 Å². The van der Waals surface area contributed by atoms with E-state index in [1.165, 1.54) is 11.3 Å². The number of halogens is 1. The number of hydrogen-bond acceptors (Lipinski definition) is 3. The molecule has 0 radical (unpaired) electrons. The van der Waals surface area contributed by atoms with E-state index in [-0.39, 0.29) is 0 Å². The fourth-order valence-electron chi connectivity index (χ4n) is 1.34. The van der Waals surface area contributed by atoms with E-state index in [0.29, 0.717) is 0 Å². The molecule has 1 aromatic carbocycles. The Morgan fingerprint density at radius 1 is 1.31 bits per heavy atom. The average Bonchev–Trinajstić information content (AvgIpc) is 2.66. The predicted molar refractivity (Wildman–Crippen MR) is 70.5 cm³/mol. The highest BCUT2D eigenvalue weighted by molar-refractivity contribution is 9.10. The van der Waals surface area contributed by atoms with Gasteiger partial charge in [-0.25, -0.2) is 4.98 Å². The lowest BCUT2D eigenvalue weighted by atomic mass is 10.2. The molecule has 2 nitrogen and oxygen atoms in total. The molecule has 0 spiro atoms. The maximum absolute atomic E-state index is 9.85. The van der Waals surface area contributed by atoms with E-state index < -0.39 is 5.60 Å². The molecule has 0 atom stereocenters. The largest absolute Gasteiger partial charge is 0.383 e. The fourth-order valence-corrected chi connectivity index (χ4v) is 2.93. The summed E-state index contributed by atoms with van der Waals surface area (Å²) in [5, 5.41) is 10.6. The van der Waals surface area contributed by atoms with E-state index in [9.17, 15) is 5.11 Å². The third-order valence-corrected chi connectivity index (χ3v) is 4.20. The molecule has 0 bridgehead atoms. The van der Waals surface area contributed by atoms with Gasteiger partial charge in [-0.15, -0.1) is 11.3 Å². The Kier molecular flexibility index (Phi) is 3.15. The lowest BCUT2D eigenvalue weighted by Gasteiger charge is -2.12. The van der Waals surface area contributed by atoms with E-state index >= 15 is 0 Å². The second-order valence-corrected chi connectivity index (χ2v) is 5.95. The van der Waals surface area contributed by atoms with Crippen LogP contribution in [0.2, 0.25) is 0 Å². The minimum absolute atomic E-state index is 0.734. The maximum Gasteiger partial charge on any atom is 0.124 e. The number of aromatic nitrogens is 1. The van der Waals surface area contributed by atoms with E-state index in [1.807, 2.05) is 24.3 Å². The van der Waals surface area contributed by atoms with Crippen LogP contribution in [0.4, 0.5) is 0 Å². The van der Waals surface area contributed by atoms with Crippen molar-refractivity contribution in [3.8, 4) is 10.4 Å². The standard InChI is InChI=1S/C12H12BrNOS/c1-12(2,15)11-14-7-10(16-11)8-5-3-4-6-9(8)13/h3-7,15H,1-2H3. The van der Waals surface area contributed by atoms with Gasteiger partial charge in [-0.1, -0.05) is 34.1 Å². The van der Waals surface area contributed by atoms with E-state index in [1.54, 1.807) is 20.0 Å². The van der Waals surface area contributed by atoms with Crippen LogP contribution in [0.15, 0.2) is 34.9 Å². The summed E-state index contributed by atoms with van der Waals surface area (Å²) in [5.41, 5.74) is 0.236. The van der Waals surface area contributed by atoms with Crippen LogP contribution in [-0.2, 0) is 5.60 Å². The van der Waals surface area contributed by atoms with Crippen LogP contribution >= 0.6 is 27.3 Å². The molecule has 0 saturated heterocycles. The molecule has 84 valence electrons. The quantitative estimate of drug-likeness (QED) is 0.914. The van der Waals surface area contributed by atoms with Gasteiger partial charge < -0.3 is 5.11 Å². The molecule has 0 aliphatic rings. The fraction of sp³-hybridized carbons (Fsp3) is 0.250. The zero-order chi connectivity index (χ0) is 11.8. The SMILES string of the molecule is CC(C)(O)c1ncc(-c2ccccc2Br)s1. The van der Waals surface area contributed by atoms with Crippen LogP contribution in [0.25, 0.3) is 10.4 Å². The molecule has 16 heavy (non-hydrogen) atoms. The van der Waals surface area contributed by atoms with Crippen LogP contribution in [-0.4, -0.2) is 10.1 Å². The van der Waals surface area contributed by atoms with Crippen molar-refractivity contribution in [2.75, 3.05) is 0 Å². The van der Waals surface area contributed by atoms with Crippen LogP contribution in [0.5, 0.6) is 0 Å². The third kappa shape index (κ3) is 2.34. The second-order valence-electron chi connectivity index (χ2n) is 4.07. The highest BCUT2D eigenvalue weighted by atomic mass is 79.9. The molecule has 0 saturated carbocycles.